The summed E-state index contributed by atoms with van der Waals surface area (Å²) in [5.74, 6) is 3.08. The molecular formula is C27H24N4O2. The molecule has 5 aromatic rings. The molecule has 0 saturated heterocycles. The molecule has 0 aliphatic rings. The van der Waals surface area contributed by atoms with Crippen LogP contribution in [0.3, 0.4) is 0 Å². The van der Waals surface area contributed by atoms with Crippen molar-refractivity contribution in [1.82, 2.24) is 14.9 Å². The van der Waals surface area contributed by atoms with Crippen LogP contribution in [-0.2, 0) is 6.54 Å². The normalized spacial score (nSPS) is 11.1. The molecule has 0 spiro atoms. The quantitative estimate of drug-likeness (QED) is 0.315. The molecule has 0 atom stereocenters. The van der Waals surface area contributed by atoms with E-state index in [4.69, 9.17) is 9.15 Å². The van der Waals surface area contributed by atoms with Crippen LogP contribution < -0.4 is 10.1 Å². The van der Waals surface area contributed by atoms with Gasteiger partial charge in [0.2, 0.25) is 5.88 Å². The molecule has 5 rings (SSSR count). The lowest BCUT2D eigenvalue weighted by Crippen LogP contribution is -2.09. The lowest BCUT2D eigenvalue weighted by atomic mass is 10.1. The van der Waals surface area contributed by atoms with E-state index in [1.165, 1.54) is 0 Å². The van der Waals surface area contributed by atoms with Crippen LogP contribution in [0.2, 0.25) is 0 Å². The van der Waals surface area contributed by atoms with Gasteiger partial charge in [-0.15, -0.1) is 0 Å². The maximum atomic E-state index is 6.01. The summed E-state index contributed by atoms with van der Waals surface area (Å²) in [6, 6.07) is 25.6. The van der Waals surface area contributed by atoms with Crippen LogP contribution in [0, 0.1) is 0 Å². The van der Waals surface area contributed by atoms with Gasteiger partial charge >= 0.3 is 0 Å². The molecule has 3 aromatic heterocycles. The van der Waals surface area contributed by atoms with Gasteiger partial charge in [-0.2, -0.15) is 0 Å². The molecule has 2 aromatic carbocycles. The Balaban J connectivity index is 1.35. The molecule has 0 unspecified atom stereocenters. The second kappa shape index (κ2) is 9.14. The van der Waals surface area contributed by atoms with Crippen LogP contribution in [0.4, 0.5) is 11.4 Å². The number of aromatic nitrogens is 2. The lowest BCUT2D eigenvalue weighted by molar-refractivity contribution is 0.353. The number of rotatable bonds is 7. The van der Waals surface area contributed by atoms with Crippen LogP contribution in [0.15, 0.2) is 95.7 Å². The largest absolute Gasteiger partial charge is 0.460 e. The van der Waals surface area contributed by atoms with Crippen molar-refractivity contribution in [3.63, 3.8) is 0 Å². The SMILES string of the molecule is CN(C)Cc1ccc(-c2ccc3c(Nc4ccc(Oc5ccccn5)cc4)ccnc3c2)o1. The Labute approximate surface area is 192 Å². The van der Waals surface area contributed by atoms with Crippen molar-refractivity contribution in [3.05, 3.63) is 97.0 Å². The molecule has 33 heavy (non-hydrogen) atoms. The summed E-state index contributed by atoms with van der Waals surface area (Å²) < 4.78 is 11.8. The number of nitrogens with one attached hydrogen (secondary N) is 1. The van der Waals surface area contributed by atoms with Crippen molar-refractivity contribution < 1.29 is 9.15 Å². The Morgan fingerprint density at radius 2 is 1.76 bits per heavy atom. The van der Waals surface area contributed by atoms with Gasteiger partial charge in [-0.05, 0) is 74.8 Å². The van der Waals surface area contributed by atoms with E-state index in [0.717, 1.165) is 51.7 Å². The van der Waals surface area contributed by atoms with Crippen molar-refractivity contribution in [1.29, 1.82) is 0 Å². The molecule has 0 bridgehead atoms. The average Bonchev–Trinajstić information content (AvgIpc) is 3.29. The van der Waals surface area contributed by atoms with E-state index in [1.54, 1.807) is 6.20 Å². The maximum Gasteiger partial charge on any atom is 0.219 e. The van der Waals surface area contributed by atoms with Crippen LogP contribution in [-0.4, -0.2) is 29.0 Å². The maximum absolute atomic E-state index is 6.01. The number of nitrogens with zero attached hydrogens (tertiary/aromatic N) is 3. The van der Waals surface area contributed by atoms with Gasteiger partial charge in [-0.25, -0.2) is 4.98 Å². The Morgan fingerprint density at radius 1 is 0.879 bits per heavy atom. The van der Waals surface area contributed by atoms with Crippen molar-refractivity contribution in [3.8, 4) is 23.0 Å². The molecule has 6 nitrogen and oxygen atoms in total. The summed E-state index contributed by atoms with van der Waals surface area (Å²) in [4.78, 5) is 10.8. The minimum absolute atomic E-state index is 0.569. The molecular weight excluding hydrogens is 412 g/mol. The minimum atomic E-state index is 0.569. The third-order valence-electron chi connectivity index (χ3n) is 5.15. The highest BCUT2D eigenvalue weighted by Crippen LogP contribution is 2.31. The number of hydrogen-bond donors (Lipinski definition) is 1. The number of pyridine rings is 2. The Bertz CT molecular complexity index is 1360. The van der Waals surface area contributed by atoms with Gasteiger partial charge in [0.15, 0.2) is 0 Å². The summed E-state index contributed by atoms with van der Waals surface area (Å²) >= 11 is 0. The van der Waals surface area contributed by atoms with Gasteiger partial charge in [0.1, 0.15) is 17.3 Å². The van der Waals surface area contributed by atoms with Gasteiger partial charge in [-0.3, -0.25) is 4.98 Å². The molecule has 0 fully saturated rings. The highest BCUT2D eigenvalue weighted by Gasteiger charge is 2.09. The molecule has 3 heterocycles. The van der Waals surface area contributed by atoms with E-state index in [9.17, 15) is 0 Å². The zero-order valence-electron chi connectivity index (χ0n) is 18.5. The Morgan fingerprint density at radius 3 is 2.55 bits per heavy atom. The first-order valence-electron chi connectivity index (χ1n) is 10.7. The molecule has 0 aliphatic heterocycles. The molecule has 0 amide bonds. The van der Waals surface area contributed by atoms with Crippen LogP contribution >= 0.6 is 0 Å². The van der Waals surface area contributed by atoms with Crippen LogP contribution in [0.25, 0.3) is 22.2 Å². The summed E-state index contributed by atoms with van der Waals surface area (Å²) in [5, 5.41) is 4.52. The zero-order valence-corrected chi connectivity index (χ0v) is 18.5. The van der Waals surface area contributed by atoms with Crippen molar-refractivity contribution in [2.75, 3.05) is 19.4 Å². The number of ether oxygens (including phenoxy) is 1. The number of hydrogen-bond acceptors (Lipinski definition) is 6. The predicted molar refractivity (Wildman–Crippen MR) is 131 cm³/mol. The number of anilines is 2. The minimum Gasteiger partial charge on any atom is -0.460 e. The second-order valence-corrected chi connectivity index (χ2v) is 8.01. The topological polar surface area (TPSA) is 63.4 Å². The summed E-state index contributed by atoms with van der Waals surface area (Å²) in [7, 11) is 4.05. The van der Waals surface area contributed by atoms with E-state index in [-0.39, 0.29) is 0 Å². The van der Waals surface area contributed by atoms with Gasteiger partial charge in [-0.1, -0.05) is 12.1 Å². The molecule has 1 N–H and O–H groups in total. The third-order valence-corrected chi connectivity index (χ3v) is 5.15. The first-order valence-corrected chi connectivity index (χ1v) is 10.7. The average molecular weight is 437 g/mol. The van der Waals surface area contributed by atoms with E-state index in [0.29, 0.717) is 5.88 Å². The summed E-state index contributed by atoms with van der Waals surface area (Å²) in [6.07, 6.45) is 3.52. The van der Waals surface area contributed by atoms with E-state index >= 15 is 0 Å². The van der Waals surface area contributed by atoms with Gasteiger partial charge in [0.05, 0.1) is 12.1 Å². The number of benzene rings is 2. The summed E-state index contributed by atoms with van der Waals surface area (Å²) in [6.45, 7) is 0.769. The van der Waals surface area contributed by atoms with Crippen molar-refractivity contribution in [2.45, 2.75) is 6.54 Å². The van der Waals surface area contributed by atoms with E-state index in [1.807, 2.05) is 81.0 Å². The third kappa shape index (κ3) is 4.86. The smallest absolute Gasteiger partial charge is 0.219 e. The second-order valence-electron chi connectivity index (χ2n) is 8.01. The van der Waals surface area contributed by atoms with Crippen molar-refractivity contribution in [2.24, 2.45) is 0 Å². The molecule has 0 aliphatic carbocycles. The molecule has 0 saturated carbocycles. The number of furan rings is 1. The van der Waals surface area contributed by atoms with Gasteiger partial charge < -0.3 is 19.4 Å². The first kappa shape index (κ1) is 20.7. The fourth-order valence-electron chi connectivity index (χ4n) is 3.63. The first-order chi connectivity index (χ1) is 16.1. The lowest BCUT2D eigenvalue weighted by Gasteiger charge is -2.11. The highest BCUT2D eigenvalue weighted by molar-refractivity contribution is 5.94. The van der Waals surface area contributed by atoms with Crippen LogP contribution in [0.5, 0.6) is 11.6 Å². The predicted octanol–water partition coefficient (Wildman–Crippen LogP) is 6.49. The zero-order chi connectivity index (χ0) is 22.6. The fourth-order valence-corrected chi connectivity index (χ4v) is 3.63. The van der Waals surface area contributed by atoms with Crippen molar-refractivity contribution >= 4 is 22.3 Å². The van der Waals surface area contributed by atoms with Crippen LogP contribution in [0.1, 0.15) is 5.76 Å². The Hall–Kier alpha value is -4.16. The summed E-state index contributed by atoms with van der Waals surface area (Å²) in [5.41, 5.74) is 3.85. The van der Waals surface area contributed by atoms with E-state index < -0.39 is 0 Å². The number of fused-ring (bicyclic) bond motifs is 1. The van der Waals surface area contributed by atoms with E-state index in [2.05, 4.69) is 38.4 Å². The van der Waals surface area contributed by atoms with Gasteiger partial charge in [0, 0.05) is 40.8 Å². The molecule has 0 radical (unpaired) electrons. The highest BCUT2D eigenvalue weighted by atomic mass is 16.5. The molecule has 164 valence electrons. The Kier molecular flexibility index (Phi) is 5.74. The fraction of sp³-hybridized carbons (Fsp3) is 0.111. The monoisotopic (exact) mass is 436 g/mol. The van der Waals surface area contributed by atoms with Gasteiger partial charge in [0.25, 0.3) is 0 Å². The standard InChI is InChI=1S/C27H24N4O2/c1-31(2)18-22-11-13-26(32-22)19-6-12-23-24(14-16-28-25(23)17-19)30-20-7-9-21(10-8-20)33-27-5-3-4-15-29-27/h3-17H,18H2,1-2H3,(H,28,30). The molecule has 6 heteroatoms.